The third-order valence-corrected chi connectivity index (χ3v) is 5.11. The molecular formula is C20H29ClN2O3. The fourth-order valence-electron chi connectivity index (χ4n) is 3.35. The van der Waals surface area contributed by atoms with Crippen LogP contribution in [-0.2, 0) is 16.0 Å². The lowest BCUT2D eigenvalue weighted by Gasteiger charge is -2.32. The van der Waals surface area contributed by atoms with E-state index in [9.17, 15) is 4.79 Å². The van der Waals surface area contributed by atoms with E-state index >= 15 is 0 Å². The van der Waals surface area contributed by atoms with E-state index in [2.05, 4.69) is 19.9 Å². The molecule has 1 aromatic heterocycles. The maximum absolute atomic E-state index is 12.7. The van der Waals surface area contributed by atoms with Crippen molar-refractivity contribution in [3.05, 3.63) is 35.1 Å². The zero-order valence-corrected chi connectivity index (χ0v) is 16.4. The van der Waals surface area contributed by atoms with Gasteiger partial charge in [0, 0.05) is 30.6 Å². The number of halogens is 1. The summed E-state index contributed by atoms with van der Waals surface area (Å²) in [5, 5.41) is 1.05. The number of carbonyl (C=O) groups is 1. The molecule has 26 heavy (non-hydrogen) atoms. The topological polar surface area (TPSA) is 68.7 Å². The molecule has 0 unspecified atom stereocenters. The number of rotatable bonds is 6. The van der Waals surface area contributed by atoms with Gasteiger partial charge in [-0.25, -0.2) is 0 Å². The molecule has 2 N–H and O–H groups in total. The Hall–Kier alpha value is -1.56. The maximum atomic E-state index is 12.7. The van der Waals surface area contributed by atoms with Crippen LogP contribution in [0.1, 0.15) is 36.0 Å². The quantitative estimate of drug-likeness (QED) is 0.780. The van der Waals surface area contributed by atoms with Gasteiger partial charge in [-0.2, -0.15) is 0 Å². The van der Waals surface area contributed by atoms with Gasteiger partial charge in [0.05, 0.1) is 18.8 Å². The van der Waals surface area contributed by atoms with Crippen molar-refractivity contribution in [3.8, 4) is 0 Å². The lowest BCUT2D eigenvalue weighted by Crippen LogP contribution is -2.41. The zero-order chi connectivity index (χ0) is 17.8. The fourth-order valence-corrected chi connectivity index (χ4v) is 3.35. The Morgan fingerprint density at radius 1 is 1.27 bits per heavy atom. The van der Waals surface area contributed by atoms with Gasteiger partial charge in [-0.1, -0.05) is 0 Å². The first-order chi connectivity index (χ1) is 12.1. The van der Waals surface area contributed by atoms with Crippen molar-refractivity contribution in [2.24, 2.45) is 5.73 Å². The van der Waals surface area contributed by atoms with E-state index in [0.29, 0.717) is 13.0 Å². The first-order valence-corrected chi connectivity index (χ1v) is 9.15. The van der Waals surface area contributed by atoms with E-state index < -0.39 is 0 Å². The Labute approximate surface area is 161 Å². The number of amides is 1. The largest absolute Gasteiger partial charge is 0.464 e. The Morgan fingerprint density at radius 3 is 2.65 bits per heavy atom. The molecule has 0 aliphatic carbocycles. The number of ether oxygens (including phenoxy) is 1. The second-order valence-corrected chi connectivity index (χ2v) is 6.96. The Balaban J connectivity index is 0.00000243. The molecule has 0 saturated carbocycles. The summed E-state index contributed by atoms with van der Waals surface area (Å²) in [6.07, 6.45) is 5.08. The molecular weight excluding hydrogens is 352 g/mol. The number of nitrogens with two attached hydrogens (primary N) is 1. The summed E-state index contributed by atoms with van der Waals surface area (Å²) in [6, 6.07) is 4.16. The number of benzene rings is 1. The molecule has 2 heterocycles. The third-order valence-electron chi connectivity index (χ3n) is 5.11. The fraction of sp³-hybridized carbons (Fsp3) is 0.550. The van der Waals surface area contributed by atoms with E-state index in [1.54, 1.807) is 6.26 Å². The highest BCUT2D eigenvalue weighted by atomic mass is 35.5. The molecule has 0 spiro atoms. The smallest absolute Gasteiger partial charge is 0.227 e. The van der Waals surface area contributed by atoms with Gasteiger partial charge >= 0.3 is 0 Å². The van der Waals surface area contributed by atoms with Crippen molar-refractivity contribution >= 4 is 29.3 Å². The van der Waals surface area contributed by atoms with Crippen LogP contribution in [0.5, 0.6) is 0 Å². The molecule has 1 aliphatic rings. The second kappa shape index (κ2) is 9.40. The van der Waals surface area contributed by atoms with Crippen molar-refractivity contribution in [1.82, 2.24) is 4.90 Å². The highest BCUT2D eigenvalue weighted by molar-refractivity contribution is 5.88. The van der Waals surface area contributed by atoms with Gasteiger partial charge in [0.15, 0.2) is 0 Å². The molecule has 5 nitrogen and oxygen atoms in total. The van der Waals surface area contributed by atoms with E-state index in [4.69, 9.17) is 14.9 Å². The van der Waals surface area contributed by atoms with E-state index in [-0.39, 0.29) is 24.4 Å². The summed E-state index contributed by atoms with van der Waals surface area (Å²) in [6.45, 7) is 7.06. The Morgan fingerprint density at radius 2 is 1.96 bits per heavy atom. The second-order valence-electron chi connectivity index (χ2n) is 6.96. The van der Waals surface area contributed by atoms with Gasteiger partial charge in [-0.15, -0.1) is 12.4 Å². The molecule has 2 aromatic rings. The minimum absolute atomic E-state index is 0. The van der Waals surface area contributed by atoms with Crippen LogP contribution in [0.15, 0.2) is 22.8 Å². The van der Waals surface area contributed by atoms with Crippen molar-refractivity contribution in [3.63, 3.8) is 0 Å². The van der Waals surface area contributed by atoms with Crippen molar-refractivity contribution in [2.75, 3.05) is 26.2 Å². The lowest BCUT2D eigenvalue weighted by molar-refractivity contribution is -0.133. The monoisotopic (exact) mass is 380 g/mol. The van der Waals surface area contributed by atoms with Gasteiger partial charge in [-0.05, 0) is 62.9 Å². The Bertz CT molecular complexity index is 736. The van der Waals surface area contributed by atoms with Crippen molar-refractivity contribution < 1.29 is 13.9 Å². The predicted octanol–water partition coefficient (Wildman–Crippen LogP) is 3.37. The van der Waals surface area contributed by atoms with Gasteiger partial charge in [0.2, 0.25) is 5.91 Å². The number of nitrogens with zero attached hydrogens (tertiary/aromatic N) is 1. The number of hydrogen-bond acceptors (Lipinski definition) is 4. The molecule has 1 amide bonds. The molecule has 1 aromatic carbocycles. The maximum Gasteiger partial charge on any atom is 0.227 e. The summed E-state index contributed by atoms with van der Waals surface area (Å²) in [5.74, 6) is 0.168. The van der Waals surface area contributed by atoms with Crippen molar-refractivity contribution in [2.45, 2.75) is 45.6 Å². The van der Waals surface area contributed by atoms with Crippen LogP contribution >= 0.6 is 12.4 Å². The number of furan rings is 1. The van der Waals surface area contributed by atoms with Crippen LogP contribution in [0, 0.1) is 13.8 Å². The summed E-state index contributed by atoms with van der Waals surface area (Å²) < 4.78 is 11.5. The molecule has 0 radical (unpaired) electrons. The average molecular weight is 381 g/mol. The molecule has 6 heteroatoms. The zero-order valence-electron chi connectivity index (χ0n) is 15.6. The SMILES string of the molecule is Cc1cc2occ(CC(=O)N3CCC(OCCCN)CC3)c2cc1C.Cl. The predicted molar refractivity (Wildman–Crippen MR) is 106 cm³/mol. The minimum atomic E-state index is 0. The summed E-state index contributed by atoms with van der Waals surface area (Å²) in [5.41, 5.74) is 9.75. The highest BCUT2D eigenvalue weighted by Gasteiger charge is 2.24. The van der Waals surface area contributed by atoms with Crippen LogP contribution in [0.2, 0.25) is 0 Å². The van der Waals surface area contributed by atoms with Crippen LogP contribution in [0.4, 0.5) is 0 Å². The number of fused-ring (bicyclic) bond motifs is 1. The molecule has 0 bridgehead atoms. The van der Waals surface area contributed by atoms with E-state index in [1.807, 2.05) is 11.0 Å². The van der Waals surface area contributed by atoms with Gasteiger partial charge in [0.1, 0.15) is 5.58 Å². The lowest BCUT2D eigenvalue weighted by atomic mass is 10.0. The summed E-state index contributed by atoms with van der Waals surface area (Å²) >= 11 is 0. The number of piperidine rings is 1. The van der Waals surface area contributed by atoms with Crippen LogP contribution < -0.4 is 5.73 Å². The highest BCUT2D eigenvalue weighted by Crippen LogP contribution is 2.26. The number of aryl methyl sites for hydroxylation is 2. The first kappa shape index (κ1) is 20.7. The van der Waals surface area contributed by atoms with Crippen molar-refractivity contribution in [1.29, 1.82) is 0 Å². The third kappa shape index (κ3) is 4.78. The molecule has 0 atom stereocenters. The normalized spacial score (nSPS) is 15.3. The molecule has 1 fully saturated rings. The Kier molecular flexibility index (Phi) is 7.50. The number of hydrogen-bond donors (Lipinski definition) is 1. The average Bonchev–Trinajstić information content (AvgIpc) is 2.98. The van der Waals surface area contributed by atoms with E-state index in [0.717, 1.165) is 55.5 Å². The number of carbonyl (C=O) groups excluding carboxylic acids is 1. The number of likely N-dealkylation sites (tertiary alicyclic amines) is 1. The van der Waals surface area contributed by atoms with Crippen LogP contribution in [0.25, 0.3) is 11.0 Å². The molecule has 1 saturated heterocycles. The first-order valence-electron chi connectivity index (χ1n) is 9.15. The molecule has 1 aliphatic heterocycles. The van der Waals surface area contributed by atoms with Gasteiger partial charge < -0.3 is 19.8 Å². The van der Waals surface area contributed by atoms with Crippen LogP contribution in [-0.4, -0.2) is 43.2 Å². The summed E-state index contributed by atoms with van der Waals surface area (Å²) in [7, 11) is 0. The van der Waals surface area contributed by atoms with Crippen LogP contribution in [0.3, 0.4) is 0 Å². The molecule has 3 rings (SSSR count). The summed E-state index contributed by atoms with van der Waals surface area (Å²) in [4.78, 5) is 14.6. The van der Waals surface area contributed by atoms with E-state index in [1.165, 1.54) is 11.1 Å². The van der Waals surface area contributed by atoms with Gasteiger partial charge in [0.25, 0.3) is 0 Å². The molecule has 144 valence electrons. The minimum Gasteiger partial charge on any atom is -0.464 e. The standard InChI is InChI=1S/C20H28N2O3.ClH/c1-14-10-18-16(13-25-19(18)11-15(14)2)12-20(23)22-7-4-17(5-8-22)24-9-3-6-21;/h10-11,13,17H,3-9,12,21H2,1-2H3;1H. The van der Waals surface area contributed by atoms with Gasteiger partial charge in [-0.3, -0.25) is 4.79 Å².